The summed E-state index contributed by atoms with van der Waals surface area (Å²) >= 11 is 0. The van der Waals surface area contributed by atoms with Crippen LogP contribution in [-0.4, -0.2) is 34.9 Å². The number of nitrogens with two attached hydrogens (primary N) is 1. The molecule has 0 bridgehead atoms. The quantitative estimate of drug-likeness (QED) is 0.272. The second kappa shape index (κ2) is 10.0. The molecule has 2 aromatic carbocycles. The number of ether oxygens (including phenoxy) is 1. The van der Waals surface area contributed by atoms with E-state index in [0.29, 0.717) is 5.56 Å². The zero-order valence-corrected chi connectivity index (χ0v) is 17.2. The first kappa shape index (κ1) is 22.2. The molecular weight excluding hydrogens is 414 g/mol. The predicted octanol–water partition coefficient (Wildman–Crippen LogP) is 4.10. The Morgan fingerprint density at radius 2 is 1.75 bits per heavy atom. The summed E-state index contributed by atoms with van der Waals surface area (Å²) in [7, 11) is 0. The molecule has 3 rings (SSSR count). The number of Topliss-reactive ketones (excluding diaryl/α,β-unsaturated/α-hetero) is 1. The first-order valence-electron chi connectivity index (χ1n) is 9.70. The van der Waals surface area contributed by atoms with Crippen LogP contribution in [0.5, 0.6) is 0 Å². The maximum Gasteiger partial charge on any atom is 0.412 e. The fraction of sp³-hybridized carbons (Fsp3) is 0.136. The van der Waals surface area contributed by atoms with Gasteiger partial charge in [-0.3, -0.25) is 20.2 Å². The van der Waals surface area contributed by atoms with Crippen molar-refractivity contribution in [3.05, 3.63) is 76.3 Å². The van der Waals surface area contributed by atoms with Gasteiger partial charge < -0.3 is 15.8 Å². The zero-order valence-electron chi connectivity index (χ0n) is 17.2. The summed E-state index contributed by atoms with van der Waals surface area (Å²) < 4.78 is 4.76. The predicted molar refractivity (Wildman–Crippen MR) is 121 cm³/mol. The van der Waals surface area contributed by atoms with E-state index in [-0.39, 0.29) is 30.4 Å². The van der Waals surface area contributed by atoms with E-state index >= 15 is 0 Å². The number of hydrogen-bond donors (Lipinski definition) is 3. The standard InChI is InChI=1S/C22H21N5O5/c1-2-32-22(29)26-19-12-17(20(27(30)31)21(23)25-19)24-13-18(28)16-10-8-15(9-11-16)14-6-4-3-5-7-14/h3-12H,2,13H2,1H3,(H4,23,24,25,26,29). The maximum atomic E-state index is 12.6. The molecule has 1 heterocycles. The summed E-state index contributed by atoms with van der Waals surface area (Å²) in [5, 5.41) is 16.5. The Balaban J connectivity index is 1.76. The number of nitrogen functional groups attached to an aromatic ring is 1. The third-order valence-corrected chi connectivity index (χ3v) is 4.46. The van der Waals surface area contributed by atoms with Crippen molar-refractivity contribution in [2.24, 2.45) is 0 Å². The van der Waals surface area contributed by atoms with Gasteiger partial charge >= 0.3 is 11.8 Å². The molecule has 0 unspecified atom stereocenters. The molecule has 0 aliphatic carbocycles. The van der Waals surface area contributed by atoms with E-state index in [9.17, 15) is 19.7 Å². The van der Waals surface area contributed by atoms with Gasteiger partial charge in [0.05, 0.1) is 18.1 Å². The van der Waals surface area contributed by atoms with Crippen LogP contribution in [-0.2, 0) is 4.74 Å². The minimum absolute atomic E-state index is 0.0475. The van der Waals surface area contributed by atoms with Crippen molar-refractivity contribution in [2.75, 3.05) is 29.5 Å². The molecule has 1 aromatic heterocycles. The van der Waals surface area contributed by atoms with Gasteiger partial charge in [0.15, 0.2) is 5.78 Å². The summed E-state index contributed by atoms with van der Waals surface area (Å²) in [6.45, 7) is 1.53. The Hall–Kier alpha value is -4.47. The van der Waals surface area contributed by atoms with Crippen LogP contribution in [0, 0.1) is 10.1 Å². The molecule has 4 N–H and O–H groups in total. The SMILES string of the molecule is CCOC(=O)Nc1cc(NCC(=O)c2ccc(-c3ccccc3)cc2)c([N+](=O)[O-])c(N)n1. The molecule has 0 atom stereocenters. The van der Waals surface area contributed by atoms with Crippen molar-refractivity contribution in [1.82, 2.24) is 4.98 Å². The Morgan fingerprint density at radius 3 is 2.38 bits per heavy atom. The topological polar surface area (TPSA) is 149 Å². The van der Waals surface area contributed by atoms with Crippen molar-refractivity contribution < 1.29 is 19.2 Å². The van der Waals surface area contributed by atoms with Crippen molar-refractivity contribution in [1.29, 1.82) is 0 Å². The fourth-order valence-corrected chi connectivity index (χ4v) is 2.98. The highest BCUT2D eigenvalue weighted by Gasteiger charge is 2.22. The van der Waals surface area contributed by atoms with Gasteiger partial charge in [-0.2, -0.15) is 0 Å². The van der Waals surface area contributed by atoms with Crippen LogP contribution in [0.3, 0.4) is 0 Å². The summed E-state index contributed by atoms with van der Waals surface area (Å²) in [5.41, 5.74) is 7.57. The molecule has 10 heteroatoms. The van der Waals surface area contributed by atoms with E-state index in [1.54, 1.807) is 19.1 Å². The van der Waals surface area contributed by atoms with E-state index in [1.165, 1.54) is 6.07 Å². The lowest BCUT2D eigenvalue weighted by molar-refractivity contribution is -0.383. The number of carbonyl (C=O) groups is 2. The van der Waals surface area contributed by atoms with Gasteiger partial charge in [0.2, 0.25) is 5.82 Å². The van der Waals surface area contributed by atoms with Crippen LogP contribution in [0.25, 0.3) is 11.1 Å². The number of nitro groups is 1. The number of hydrogen-bond acceptors (Lipinski definition) is 8. The normalized spacial score (nSPS) is 10.3. The van der Waals surface area contributed by atoms with Crippen LogP contribution in [0.1, 0.15) is 17.3 Å². The van der Waals surface area contributed by atoms with Gasteiger partial charge in [-0.25, -0.2) is 9.78 Å². The van der Waals surface area contributed by atoms with Gasteiger partial charge in [0.1, 0.15) is 11.5 Å². The Labute approximate surface area is 183 Å². The third-order valence-electron chi connectivity index (χ3n) is 4.46. The number of anilines is 3. The van der Waals surface area contributed by atoms with Gasteiger partial charge in [-0.05, 0) is 18.1 Å². The highest BCUT2D eigenvalue weighted by Crippen LogP contribution is 2.32. The smallest absolute Gasteiger partial charge is 0.412 e. The average Bonchev–Trinajstić information content (AvgIpc) is 2.77. The fourth-order valence-electron chi connectivity index (χ4n) is 2.98. The summed E-state index contributed by atoms with van der Waals surface area (Å²) in [4.78, 5) is 38.7. The van der Waals surface area contributed by atoms with E-state index < -0.39 is 22.5 Å². The highest BCUT2D eigenvalue weighted by atomic mass is 16.6. The molecule has 0 aliphatic heterocycles. The summed E-state index contributed by atoms with van der Waals surface area (Å²) in [5.74, 6) is -0.741. The van der Waals surface area contributed by atoms with E-state index in [2.05, 4.69) is 15.6 Å². The average molecular weight is 435 g/mol. The number of aromatic nitrogens is 1. The number of rotatable bonds is 8. The van der Waals surface area contributed by atoms with Gasteiger partial charge in [-0.15, -0.1) is 0 Å². The van der Waals surface area contributed by atoms with Crippen molar-refractivity contribution in [3.8, 4) is 11.1 Å². The molecule has 1 amide bonds. The van der Waals surface area contributed by atoms with Gasteiger partial charge in [-0.1, -0.05) is 54.6 Å². The Morgan fingerprint density at radius 1 is 1.09 bits per heavy atom. The molecule has 0 aliphatic rings. The lowest BCUT2D eigenvalue weighted by Gasteiger charge is -2.11. The number of amides is 1. The van der Waals surface area contributed by atoms with Crippen molar-refractivity contribution >= 4 is 34.9 Å². The number of pyridine rings is 1. The lowest BCUT2D eigenvalue weighted by Crippen LogP contribution is -2.18. The molecular formula is C22H21N5O5. The van der Waals surface area contributed by atoms with Crippen LogP contribution in [0.4, 0.5) is 27.8 Å². The highest BCUT2D eigenvalue weighted by molar-refractivity contribution is 6.00. The molecule has 164 valence electrons. The Bertz CT molecular complexity index is 1130. The number of nitrogens with one attached hydrogen (secondary N) is 2. The molecule has 32 heavy (non-hydrogen) atoms. The molecule has 0 fully saturated rings. The van der Waals surface area contributed by atoms with E-state index in [1.807, 2.05) is 42.5 Å². The van der Waals surface area contributed by atoms with E-state index in [0.717, 1.165) is 11.1 Å². The minimum atomic E-state index is -0.784. The van der Waals surface area contributed by atoms with Gasteiger partial charge in [0, 0.05) is 11.6 Å². The van der Waals surface area contributed by atoms with Crippen LogP contribution < -0.4 is 16.4 Å². The minimum Gasteiger partial charge on any atom is -0.450 e. The summed E-state index contributed by atoms with van der Waals surface area (Å²) in [6.07, 6.45) is -0.784. The zero-order chi connectivity index (χ0) is 23.1. The number of nitrogens with zero attached hydrogens (tertiary/aromatic N) is 2. The third kappa shape index (κ3) is 5.36. The monoisotopic (exact) mass is 435 g/mol. The molecule has 0 saturated carbocycles. The van der Waals surface area contributed by atoms with Gasteiger partial charge in [0.25, 0.3) is 0 Å². The van der Waals surface area contributed by atoms with Crippen molar-refractivity contribution in [3.63, 3.8) is 0 Å². The lowest BCUT2D eigenvalue weighted by atomic mass is 10.0. The maximum absolute atomic E-state index is 12.6. The number of carbonyl (C=O) groups excluding carboxylic acids is 2. The first-order chi connectivity index (χ1) is 15.4. The van der Waals surface area contributed by atoms with Crippen molar-refractivity contribution in [2.45, 2.75) is 6.92 Å². The number of ketones is 1. The second-order valence-corrected chi connectivity index (χ2v) is 6.61. The number of benzene rings is 2. The molecule has 0 radical (unpaired) electrons. The Kier molecular flexibility index (Phi) is 6.96. The largest absolute Gasteiger partial charge is 0.450 e. The summed E-state index contributed by atoms with van der Waals surface area (Å²) in [6, 6.07) is 18.0. The van der Waals surface area contributed by atoms with Crippen LogP contribution in [0.15, 0.2) is 60.7 Å². The second-order valence-electron chi connectivity index (χ2n) is 6.61. The molecule has 0 saturated heterocycles. The molecule has 3 aromatic rings. The molecule has 0 spiro atoms. The molecule has 10 nitrogen and oxygen atoms in total. The first-order valence-corrected chi connectivity index (χ1v) is 9.70. The van der Waals surface area contributed by atoms with E-state index in [4.69, 9.17) is 10.5 Å². The van der Waals surface area contributed by atoms with Crippen LogP contribution >= 0.6 is 0 Å². The van der Waals surface area contributed by atoms with Crippen LogP contribution in [0.2, 0.25) is 0 Å².